The zero-order valence-corrected chi connectivity index (χ0v) is 8.70. The molecule has 2 rings (SSSR count). The second kappa shape index (κ2) is 3.73. The van der Waals surface area contributed by atoms with Crippen molar-refractivity contribution in [3.63, 3.8) is 0 Å². The average Bonchev–Trinajstić information content (AvgIpc) is 2.19. The smallest absolute Gasteiger partial charge is 0.258 e. The Kier molecular flexibility index (Phi) is 2.41. The van der Waals surface area contributed by atoms with Gasteiger partial charge in [0.25, 0.3) is 5.56 Å². The Morgan fingerprint density at radius 1 is 1.47 bits per heavy atom. The number of hydrogen-bond acceptors (Lipinski definition) is 3. The number of rotatable bonds is 2. The van der Waals surface area contributed by atoms with Crippen LogP contribution in [0.1, 0.15) is 12.7 Å². The van der Waals surface area contributed by atoms with Gasteiger partial charge < -0.3 is 9.72 Å². The van der Waals surface area contributed by atoms with Crippen LogP contribution in [-0.4, -0.2) is 16.6 Å². The Morgan fingerprint density at radius 3 is 3.00 bits per heavy atom. The molecule has 0 saturated carbocycles. The van der Waals surface area contributed by atoms with Crippen LogP contribution in [0.25, 0.3) is 10.9 Å². The first-order valence-electron chi connectivity index (χ1n) is 4.85. The number of nitrogens with zero attached hydrogens (tertiary/aromatic N) is 1. The number of nitrogens with one attached hydrogen (secondary N) is 1. The first kappa shape index (κ1) is 9.71. The lowest BCUT2D eigenvalue weighted by Crippen LogP contribution is -2.10. The fourth-order valence-electron chi connectivity index (χ4n) is 1.52. The molecule has 0 radical (unpaired) electrons. The predicted octanol–water partition coefficient (Wildman–Crippen LogP) is 1.63. The highest BCUT2D eigenvalue weighted by atomic mass is 16.5. The number of para-hydroxylation sites is 1. The van der Waals surface area contributed by atoms with E-state index in [9.17, 15) is 4.79 Å². The van der Waals surface area contributed by atoms with E-state index in [0.717, 1.165) is 0 Å². The zero-order chi connectivity index (χ0) is 10.8. The van der Waals surface area contributed by atoms with Crippen LogP contribution in [0.3, 0.4) is 0 Å². The van der Waals surface area contributed by atoms with E-state index in [4.69, 9.17) is 4.74 Å². The monoisotopic (exact) mass is 204 g/mol. The fraction of sp³-hybridized carbons (Fsp3) is 0.273. The minimum absolute atomic E-state index is 0.126. The summed E-state index contributed by atoms with van der Waals surface area (Å²) in [6, 6.07) is 5.35. The minimum Gasteiger partial charge on any atom is -0.492 e. The number of aryl methyl sites for hydroxylation is 1. The van der Waals surface area contributed by atoms with E-state index in [1.807, 2.05) is 13.0 Å². The van der Waals surface area contributed by atoms with Gasteiger partial charge in [0.2, 0.25) is 0 Å². The lowest BCUT2D eigenvalue weighted by atomic mass is 10.2. The normalized spacial score (nSPS) is 10.5. The molecule has 4 nitrogen and oxygen atoms in total. The molecule has 1 aromatic carbocycles. The zero-order valence-electron chi connectivity index (χ0n) is 8.70. The molecule has 15 heavy (non-hydrogen) atoms. The van der Waals surface area contributed by atoms with Crippen molar-refractivity contribution in [3.05, 3.63) is 34.4 Å². The highest BCUT2D eigenvalue weighted by Gasteiger charge is 2.06. The van der Waals surface area contributed by atoms with Gasteiger partial charge in [-0.25, -0.2) is 4.98 Å². The summed E-state index contributed by atoms with van der Waals surface area (Å²) in [7, 11) is 0. The Labute approximate surface area is 86.9 Å². The summed E-state index contributed by atoms with van der Waals surface area (Å²) in [5, 5.41) is 0.562. The molecule has 2 aromatic rings. The molecule has 0 saturated heterocycles. The first-order chi connectivity index (χ1) is 7.22. The van der Waals surface area contributed by atoms with Crippen molar-refractivity contribution in [1.82, 2.24) is 9.97 Å². The molecule has 0 aliphatic carbocycles. The molecule has 0 amide bonds. The number of H-pyrrole nitrogens is 1. The van der Waals surface area contributed by atoms with Crippen LogP contribution in [0.15, 0.2) is 23.0 Å². The molecule has 0 bridgehead atoms. The second-order valence-corrected chi connectivity index (χ2v) is 3.24. The van der Waals surface area contributed by atoms with E-state index in [2.05, 4.69) is 9.97 Å². The molecule has 4 heteroatoms. The molecule has 0 spiro atoms. The van der Waals surface area contributed by atoms with Gasteiger partial charge in [0.15, 0.2) is 0 Å². The average molecular weight is 204 g/mol. The van der Waals surface area contributed by atoms with Gasteiger partial charge in [0.1, 0.15) is 17.1 Å². The Balaban J connectivity index is 2.79. The van der Waals surface area contributed by atoms with Gasteiger partial charge in [0.05, 0.1) is 12.0 Å². The van der Waals surface area contributed by atoms with Crippen LogP contribution in [0.4, 0.5) is 0 Å². The number of fused-ring (bicyclic) bond motifs is 1. The van der Waals surface area contributed by atoms with E-state index in [-0.39, 0.29) is 5.56 Å². The molecule has 0 unspecified atom stereocenters. The van der Waals surface area contributed by atoms with Crippen molar-refractivity contribution >= 4 is 10.9 Å². The molecule has 78 valence electrons. The summed E-state index contributed by atoms with van der Waals surface area (Å²) in [5.41, 5.74) is 0.500. The third-order valence-electron chi connectivity index (χ3n) is 2.12. The molecule has 0 aliphatic heterocycles. The summed E-state index contributed by atoms with van der Waals surface area (Å²) in [5.74, 6) is 1.25. The third-order valence-corrected chi connectivity index (χ3v) is 2.12. The molecular formula is C11H12N2O2. The number of ether oxygens (including phenoxy) is 1. The summed E-state index contributed by atoms with van der Waals surface area (Å²) >= 11 is 0. The van der Waals surface area contributed by atoms with Crippen LogP contribution in [0, 0.1) is 6.92 Å². The number of hydrogen-bond donors (Lipinski definition) is 1. The molecular weight excluding hydrogens is 192 g/mol. The molecule has 0 aliphatic rings. The summed E-state index contributed by atoms with van der Waals surface area (Å²) < 4.78 is 5.41. The van der Waals surface area contributed by atoms with Gasteiger partial charge in [-0.3, -0.25) is 4.79 Å². The topological polar surface area (TPSA) is 55.0 Å². The Morgan fingerprint density at radius 2 is 2.27 bits per heavy atom. The van der Waals surface area contributed by atoms with E-state index >= 15 is 0 Å². The van der Waals surface area contributed by atoms with Crippen molar-refractivity contribution in [2.24, 2.45) is 0 Å². The molecule has 1 N–H and O–H groups in total. The largest absolute Gasteiger partial charge is 0.492 e. The van der Waals surface area contributed by atoms with Crippen molar-refractivity contribution in [1.29, 1.82) is 0 Å². The Bertz CT molecular complexity index is 546. The van der Waals surface area contributed by atoms with Crippen molar-refractivity contribution < 1.29 is 4.74 Å². The van der Waals surface area contributed by atoms with E-state index in [1.165, 1.54) is 0 Å². The Hall–Kier alpha value is -1.84. The molecule has 1 aromatic heterocycles. The lowest BCUT2D eigenvalue weighted by molar-refractivity contribution is 0.343. The maximum atomic E-state index is 11.6. The first-order valence-corrected chi connectivity index (χ1v) is 4.85. The quantitative estimate of drug-likeness (QED) is 0.808. The minimum atomic E-state index is -0.126. The van der Waals surface area contributed by atoms with Gasteiger partial charge >= 0.3 is 0 Å². The molecule has 0 atom stereocenters. The maximum absolute atomic E-state index is 11.6. The van der Waals surface area contributed by atoms with Gasteiger partial charge in [-0.1, -0.05) is 6.07 Å². The number of aromatic amines is 1. The predicted molar refractivity (Wildman–Crippen MR) is 58.3 cm³/mol. The third kappa shape index (κ3) is 1.70. The molecule has 1 heterocycles. The van der Waals surface area contributed by atoms with Crippen LogP contribution < -0.4 is 10.3 Å². The highest BCUT2D eigenvalue weighted by Crippen LogP contribution is 2.20. The maximum Gasteiger partial charge on any atom is 0.258 e. The van der Waals surface area contributed by atoms with Gasteiger partial charge in [-0.05, 0) is 26.0 Å². The number of benzene rings is 1. The van der Waals surface area contributed by atoms with Crippen LogP contribution >= 0.6 is 0 Å². The summed E-state index contributed by atoms with van der Waals surface area (Å²) in [6.07, 6.45) is 0. The standard InChI is InChI=1S/C11H12N2O2/c1-3-15-9-6-4-5-8-10(9)12-7(2)13-11(8)14/h4-6H,3H2,1-2H3,(H,12,13,14). The van der Waals surface area contributed by atoms with E-state index in [0.29, 0.717) is 29.1 Å². The molecule has 0 fully saturated rings. The fourth-order valence-corrected chi connectivity index (χ4v) is 1.52. The van der Waals surface area contributed by atoms with Gasteiger partial charge in [-0.15, -0.1) is 0 Å². The van der Waals surface area contributed by atoms with Crippen LogP contribution in [0.2, 0.25) is 0 Å². The van der Waals surface area contributed by atoms with Crippen molar-refractivity contribution in [2.45, 2.75) is 13.8 Å². The highest BCUT2D eigenvalue weighted by molar-refractivity contribution is 5.83. The van der Waals surface area contributed by atoms with Crippen molar-refractivity contribution in [2.75, 3.05) is 6.61 Å². The van der Waals surface area contributed by atoms with Crippen LogP contribution in [-0.2, 0) is 0 Å². The summed E-state index contributed by atoms with van der Waals surface area (Å²) in [4.78, 5) is 18.5. The second-order valence-electron chi connectivity index (χ2n) is 3.24. The lowest BCUT2D eigenvalue weighted by Gasteiger charge is -2.06. The van der Waals surface area contributed by atoms with Gasteiger partial charge in [-0.2, -0.15) is 0 Å². The van der Waals surface area contributed by atoms with Crippen LogP contribution in [0.5, 0.6) is 5.75 Å². The SMILES string of the molecule is CCOc1cccc2c(=O)[nH]c(C)nc12. The summed E-state index contributed by atoms with van der Waals surface area (Å²) in [6.45, 7) is 4.22. The van der Waals surface area contributed by atoms with Gasteiger partial charge in [0, 0.05) is 0 Å². The number of aromatic nitrogens is 2. The van der Waals surface area contributed by atoms with Crippen molar-refractivity contribution in [3.8, 4) is 5.75 Å². The van der Waals surface area contributed by atoms with E-state index in [1.54, 1.807) is 19.1 Å². The van der Waals surface area contributed by atoms with E-state index < -0.39 is 0 Å².